The highest BCUT2D eigenvalue weighted by atomic mass is 35.5. The van der Waals surface area contributed by atoms with Gasteiger partial charge in [-0.3, -0.25) is 0 Å². The minimum Gasteiger partial charge on any atom is -0.422 e. The summed E-state index contributed by atoms with van der Waals surface area (Å²) in [6.07, 6.45) is 0. The standard InChI is InChI=1S/C21H12Cl3N3O3/c22-13-7-1-4-10-16(13)28-19-25-20(29-17-11-5-2-8-14(17)23)27-21(26-19)30-18-12-6-3-9-15(18)24/h1-12H. The van der Waals surface area contributed by atoms with E-state index in [4.69, 9.17) is 49.0 Å². The number of aromatic nitrogens is 3. The molecule has 0 amide bonds. The minimum absolute atomic E-state index is 0.0813. The molecule has 0 saturated heterocycles. The Morgan fingerprint density at radius 3 is 0.967 bits per heavy atom. The van der Waals surface area contributed by atoms with Crippen LogP contribution >= 0.6 is 34.8 Å². The molecule has 0 atom stereocenters. The van der Waals surface area contributed by atoms with Crippen LogP contribution in [-0.4, -0.2) is 15.0 Å². The molecule has 1 heterocycles. The van der Waals surface area contributed by atoms with Crippen LogP contribution in [-0.2, 0) is 0 Å². The molecular weight excluding hydrogens is 449 g/mol. The molecule has 150 valence electrons. The average Bonchev–Trinajstić information content (AvgIpc) is 2.73. The second-order valence-corrected chi connectivity index (χ2v) is 7.00. The lowest BCUT2D eigenvalue weighted by atomic mass is 10.3. The lowest BCUT2D eigenvalue weighted by Gasteiger charge is -2.11. The van der Waals surface area contributed by atoms with E-state index in [9.17, 15) is 0 Å². The summed E-state index contributed by atoms with van der Waals surface area (Å²) in [5.41, 5.74) is 0. The van der Waals surface area contributed by atoms with Gasteiger partial charge in [-0.2, -0.15) is 0 Å². The monoisotopic (exact) mass is 459 g/mol. The van der Waals surface area contributed by atoms with Crippen molar-refractivity contribution in [3.8, 4) is 35.3 Å². The number of halogens is 3. The van der Waals surface area contributed by atoms with Gasteiger partial charge in [-0.25, -0.2) is 0 Å². The largest absolute Gasteiger partial charge is 0.422 e. The van der Waals surface area contributed by atoms with Crippen molar-refractivity contribution < 1.29 is 14.2 Å². The molecule has 30 heavy (non-hydrogen) atoms. The number of rotatable bonds is 6. The summed E-state index contributed by atoms with van der Waals surface area (Å²) < 4.78 is 17.1. The van der Waals surface area contributed by atoms with E-state index in [2.05, 4.69) is 15.0 Å². The van der Waals surface area contributed by atoms with E-state index in [-0.39, 0.29) is 18.0 Å². The minimum atomic E-state index is -0.0813. The molecule has 9 heteroatoms. The molecule has 0 aliphatic rings. The highest BCUT2D eigenvalue weighted by Crippen LogP contribution is 2.33. The first-order valence-corrected chi connectivity index (χ1v) is 9.75. The van der Waals surface area contributed by atoms with Gasteiger partial charge in [0.2, 0.25) is 0 Å². The Kier molecular flexibility index (Phi) is 6.18. The van der Waals surface area contributed by atoms with Gasteiger partial charge in [-0.05, 0) is 36.4 Å². The maximum Gasteiger partial charge on any atom is 0.331 e. The van der Waals surface area contributed by atoms with Crippen molar-refractivity contribution in [3.05, 3.63) is 87.9 Å². The maximum absolute atomic E-state index is 6.16. The zero-order chi connectivity index (χ0) is 20.9. The number of nitrogens with zero attached hydrogens (tertiary/aromatic N) is 3. The van der Waals surface area contributed by atoms with E-state index in [1.54, 1.807) is 72.8 Å². The molecule has 0 bridgehead atoms. The van der Waals surface area contributed by atoms with Crippen molar-refractivity contribution in [3.63, 3.8) is 0 Å². The molecule has 0 radical (unpaired) electrons. The molecule has 0 aliphatic carbocycles. The predicted molar refractivity (Wildman–Crippen MR) is 114 cm³/mol. The second kappa shape index (κ2) is 9.17. The average molecular weight is 461 g/mol. The maximum atomic E-state index is 6.16. The van der Waals surface area contributed by atoms with Crippen LogP contribution in [0, 0.1) is 0 Å². The van der Waals surface area contributed by atoms with E-state index in [0.717, 1.165) is 0 Å². The Balaban J connectivity index is 1.70. The molecule has 1 aromatic heterocycles. The van der Waals surface area contributed by atoms with Crippen molar-refractivity contribution in [1.29, 1.82) is 0 Å². The molecule has 0 spiro atoms. The Bertz CT molecular complexity index is 1030. The Morgan fingerprint density at radius 2 is 0.700 bits per heavy atom. The molecule has 0 fully saturated rings. The van der Waals surface area contributed by atoms with Gasteiger partial charge in [0.25, 0.3) is 0 Å². The van der Waals surface area contributed by atoms with E-state index in [1.165, 1.54) is 0 Å². The molecule has 4 rings (SSSR count). The van der Waals surface area contributed by atoms with Gasteiger partial charge >= 0.3 is 18.0 Å². The van der Waals surface area contributed by atoms with E-state index in [0.29, 0.717) is 32.3 Å². The molecule has 0 aliphatic heterocycles. The number of benzene rings is 3. The van der Waals surface area contributed by atoms with Gasteiger partial charge < -0.3 is 14.2 Å². The van der Waals surface area contributed by atoms with Crippen molar-refractivity contribution in [2.45, 2.75) is 0 Å². The fraction of sp³-hybridized carbons (Fsp3) is 0. The second-order valence-electron chi connectivity index (χ2n) is 5.78. The third-order valence-electron chi connectivity index (χ3n) is 3.69. The molecule has 4 aromatic rings. The fourth-order valence-corrected chi connectivity index (χ4v) is 2.86. The highest BCUT2D eigenvalue weighted by Gasteiger charge is 2.15. The van der Waals surface area contributed by atoms with E-state index < -0.39 is 0 Å². The van der Waals surface area contributed by atoms with E-state index in [1.807, 2.05) is 0 Å². The quantitative estimate of drug-likeness (QED) is 0.303. The van der Waals surface area contributed by atoms with Gasteiger partial charge in [-0.15, -0.1) is 15.0 Å². The molecule has 6 nitrogen and oxygen atoms in total. The van der Waals surface area contributed by atoms with Crippen LogP contribution in [0.2, 0.25) is 15.1 Å². The third-order valence-corrected chi connectivity index (χ3v) is 4.62. The SMILES string of the molecule is Clc1ccccc1Oc1nc(Oc2ccccc2Cl)nc(Oc2ccccc2Cl)n1. The zero-order valence-electron chi connectivity index (χ0n) is 15.1. The predicted octanol–water partition coefficient (Wildman–Crippen LogP) is 7.21. The third kappa shape index (κ3) is 4.91. The van der Waals surface area contributed by atoms with Gasteiger partial charge in [0.05, 0.1) is 15.1 Å². The first-order chi connectivity index (χ1) is 14.6. The van der Waals surface area contributed by atoms with Crippen LogP contribution in [0.15, 0.2) is 72.8 Å². The molecule has 0 N–H and O–H groups in total. The van der Waals surface area contributed by atoms with Crippen LogP contribution < -0.4 is 14.2 Å². The lowest BCUT2D eigenvalue weighted by Crippen LogP contribution is -2.01. The summed E-state index contributed by atoms with van der Waals surface area (Å²) in [5.74, 6) is 1.08. The van der Waals surface area contributed by atoms with Gasteiger partial charge in [-0.1, -0.05) is 71.2 Å². The van der Waals surface area contributed by atoms with E-state index >= 15 is 0 Å². The fourth-order valence-electron chi connectivity index (χ4n) is 2.33. The Labute approximate surface area is 187 Å². The molecular formula is C21H12Cl3N3O3. The molecule has 3 aromatic carbocycles. The summed E-state index contributed by atoms with van der Waals surface area (Å²) >= 11 is 18.5. The first kappa shape index (κ1) is 20.2. The van der Waals surface area contributed by atoms with Gasteiger partial charge in [0.1, 0.15) is 17.2 Å². The van der Waals surface area contributed by atoms with Crippen molar-refractivity contribution in [2.75, 3.05) is 0 Å². The van der Waals surface area contributed by atoms with Crippen LogP contribution in [0.25, 0.3) is 0 Å². The zero-order valence-corrected chi connectivity index (χ0v) is 17.4. The molecule has 0 saturated carbocycles. The van der Waals surface area contributed by atoms with Crippen LogP contribution in [0.4, 0.5) is 0 Å². The van der Waals surface area contributed by atoms with Crippen LogP contribution in [0.3, 0.4) is 0 Å². The summed E-state index contributed by atoms with van der Waals surface area (Å²) in [7, 11) is 0. The lowest BCUT2D eigenvalue weighted by molar-refractivity contribution is 0.362. The Morgan fingerprint density at radius 1 is 0.433 bits per heavy atom. The van der Waals surface area contributed by atoms with Crippen LogP contribution in [0.1, 0.15) is 0 Å². The van der Waals surface area contributed by atoms with Gasteiger partial charge in [0, 0.05) is 0 Å². The van der Waals surface area contributed by atoms with Crippen LogP contribution in [0.5, 0.6) is 35.3 Å². The number of hydrogen-bond acceptors (Lipinski definition) is 6. The van der Waals surface area contributed by atoms with Crippen molar-refractivity contribution in [1.82, 2.24) is 15.0 Å². The normalized spacial score (nSPS) is 10.5. The topological polar surface area (TPSA) is 66.4 Å². The summed E-state index contributed by atoms with van der Waals surface area (Å²) in [5, 5.41) is 1.17. The number of hydrogen-bond donors (Lipinski definition) is 0. The van der Waals surface area contributed by atoms with Gasteiger partial charge in [0.15, 0.2) is 0 Å². The first-order valence-electron chi connectivity index (χ1n) is 8.62. The summed E-state index contributed by atoms with van der Waals surface area (Å²) in [4.78, 5) is 12.5. The summed E-state index contributed by atoms with van der Waals surface area (Å²) in [6, 6.07) is 20.5. The molecule has 0 unspecified atom stereocenters. The van der Waals surface area contributed by atoms with Crippen molar-refractivity contribution >= 4 is 34.8 Å². The summed E-state index contributed by atoms with van der Waals surface area (Å²) in [6.45, 7) is 0. The number of ether oxygens (including phenoxy) is 3. The number of para-hydroxylation sites is 3. The smallest absolute Gasteiger partial charge is 0.331 e. The highest BCUT2D eigenvalue weighted by molar-refractivity contribution is 6.32. The van der Waals surface area contributed by atoms with Crippen molar-refractivity contribution in [2.24, 2.45) is 0 Å². The Hall–Kier alpha value is -3.06.